The molecule has 0 bridgehead atoms. The lowest BCUT2D eigenvalue weighted by atomic mass is 9.99. The molecule has 1 amide bonds. The van der Waals surface area contributed by atoms with Crippen molar-refractivity contribution >= 4 is 23.5 Å². The number of ether oxygens (including phenoxy) is 1. The quantitative estimate of drug-likeness (QED) is 0.285. The Morgan fingerprint density at radius 3 is 2.58 bits per heavy atom. The normalized spacial score (nSPS) is 11.5. The SMILES string of the molecule is CCC(Sc1nc(-c2ccc(OC)cc2)cc(-c2cccc(F)c2)c1C#N)C(=O)Nc1cc(C)on1. The van der Waals surface area contributed by atoms with Gasteiger partial charge in [0.15, 0.2) is 5.82 Å². The summed E-state index contributed by atoms with van der Waals surface area (Å²) in [5.74, 6) is 0.882. The van der Waals surface area contributed by atoms with Gasteiger partial charge in [-0.15, -0.1) is 0 Å². The van der Waals surface area contributed by atoms with Crippen LogP contribution in [0.15, 0.2) is 70.2 Å². The molecular weight excluding hydrogens is 479 g/mol. The number of aryl methyl sites for hydroxylation is 1. The number of carbonyl (C=O) groups is 1. The highest BCUT2D eigenvalue weighted by Crippen LogP contribution is 2.37. The van der Waals surface area contributed by atoms with Gasteiger partial charge in [-0.2, -0.15) is 5.26 Å². The van der Waals surface area contributed by atoms with Crippen molar-refractivity contribution in [3.8, 4) is 34.2 Å². The molecule has 9 heteroatoms. The number of amides is 1. The van der Waals surface area contributed by atoms with E-state index in [2.05, 4.69) is 16.5 Å². The number of thioether (sulfide) groups is 1. The molecule has 0 radical (unpaired) electrons. The second kappa shape index (κ2) is 11.1. The predicted octanol–water partition coefficient (Wildman–Crippen LogP) is 6.24. The van der Waals surface area contributed by atoms with E-state index in [0.29, 0.717) is 45.6 Å². The zero-order valence-corrected chi connectivity index (χ0v) is 20.7. The average molecular weight is 503 g/mol. The van der Waals surface area contributed by atoms with Crippen LogP contribution in [0.4, 0.5) is 10.2 Å². The summed E-state index contributed by atoms with van der Waals surface area (Å²) in [5, 5.41) is 16.5. The molecule has 0 fully saturated rings. The van der Waals surface area contributed by atoms with Gasteiger partial charge in [-0.3, -0.25) is 4.79 Å². The van der Waals surface area contributed by atoms with E-state index in [1.165, 1.54) is 23.9 Å². The van der Waals surface area contributed by atoms with E-state index in [-0.39, 0.29) is 11.5 Å². The van der Waals surface area contributed by atoms with Crippen molar-refractivity contribution in [2.45, 2.75) is 30.5 Å². The Balaban J connectivity index is 1.78. The lowest BCUT2D eigenvalue weighted by Crippen LogP contribution is -2.25. The van der Waals surface area contributed by atoms with Gasteiger partial charge in [0.2, 0.25) is 5.91 Å². The molecule has 0 aliphatic rings. The number of benzene rings is 2. The number of nitriles is 1. The van der Waals surface area contributed by atoms with Crippen LogP contribution in [0.1, 0.15) is 24.7 Å². The first-order valence-corrected chi connectivity index (χ1v) is 12.1. The number of carbonyl (C=O) groups excluding carboxylic acids is 1. The Hall–Kier alpha value is -4.16. The van der Waals surface area contributed by atoms with Crippen LogP contribution in [0.2, 0.25) is 0 Å². The van der Waals surface area contributed by atoms with Crippen LogP contribution in [0.3, 0.4) is 0 Å². The molecule has 1 N–H and O–H groups in total. The number of hydrogen-bond acceptors (Lipinski definition) is 7. The minimum Gasteiger partial charge on any atom is -0.497 e. The van der Waals surface area contributed by atoms with Gasteiger partial charge < -0.3 is 14.6 Å². The van der Waals surface area contributed by atoms with E-state index in [1.54, 1.807) is 38.3 Å². The van der Waals surface area contributed by atoms with Crippen LogP contribution in [0.25, 0.3) is 22.4 Å². The van der Waals surface area contributed by atoms with Crippen LogP contribution in [0.5, 0.6) is 5.75 Å². The number of rotatable bonds is 8. The molecular formula is C27H23FN4O3S. The smallest absolute Gasteiger partial charge is 0.239 e. The lowest BCUT2D eigenvalue weighted by Gasteiger charge is -2.17. The molecule has 1 atom stereocenters. The van der Waals surface area contributed by atoms with Crippen LogP contribution >= 0.6 is 11.8 Å². The molecule has 0 aliphatic carbocycles. The Kier molecular flexibility index (Phi) is 7.66. The molecule has 1 unspecified atom stereocenters. The third kappa shape index (κ3) is 5.56. The molecule has 2 heterocycles. The van der Waals surface area contributed by atoms with Crippen molar-refractivity contribution in [2.75, 3.05) is 12.4 Å². The van der Waals surface area contributed by atoms with Gasteiger partial charge >= 0.3 is 0 Å². The highest BCUT2D eigenvalue weighted by molar-refractivity contribution is 8.00. The molecule has 7 nitrogen and oxygen atoms in total. The molecule has 0 saturated carbocycles. The van der Waals surface area contributed by atoms with Gasteiger partial charge in [0, 0.05) is 17.2 Å². The Morgan fingerprint density at radius 2 is 1.97 bits per heavy atom. The molecule has 36 heavy (non-hydrogen) atoms. The maximum atomic E-state index is 14.1. The number of hydrogen-bond donors (Lipinski definition) is 1. The number of anilines is 1. The summed E-state index contributed by atoms with van der Waals surface area (Å²) < 4.78 is 24.4. The number of halogens is 1. The van der Waals surface area contributed by atoms with Gasteiger partial charge in [-0.25, -0.2) is 9.37 Å². The van der Waals surface area contributed by atoms with Crippen LogP contribution in [-0.4, -0.2) is 28.4 Å². The van der Waals surface area contributed by atoms with E-state index >= 15 is 0 Å². The molecule has 2 aromatic heterocycles. The Bertz CT molecular complexity index is 1430. The van der Waals surface area contributed by atoms with Crippen molar-refractivity contribution < 1.29 is 18.4 Å². The summed E-state index contributed by atoms with van der Waals surface area (Å²) >= 11 is 1.18. The zero-order chi connectivity index (χ0) is 25.7. The highest BCUT2D eigenvalue weighted by Gasteiger charge is 2.24. The summed E-state index contributed by atoms with van der Waals surface area (Å²) in [5.41, 5.74) is 2.71. The van der Waals surface area contributed by atoms with Crippen LogP contribution < -0.4 is 10.1 Å². The summed E-state index contributed by atoms with van der Waals surface area (Å²) in [4.78, 5) is 17.7. The van der Waals surface area contributed by atoms with Crippen molar-refractivity contribution in [3.05, 3.63) is 77.8 Å². The molecule has 2 aromatic carbocycles. The molecule has 4 rings (SSSR count). The summed E-state index contributed by atoms with van der Waals surface area (Å²) in [6.07, 6.45) is 0.474. The van der Waals surface area contributed by atoms with Crippen molar-refractivity contribution in [1.82, 2.24) is 10.1 Å². The number of nitrogens with zero attached hydrogens (tertiary/aromatic N) is 3. The third-order valence-electron chi connectivity index (χ3n) is 5.42. The fourth-order valence-corrected chi connectivity index (χ4v) is 4.62. The monoisotopic (exact) mass is 502 g/mol. The van der Waals surface area contributed by atoms with Crippen LogP contribution in [-0.2, 0) is 4.79 Å². The number of pyridine rings is 1. The van der Waals surface area contributed by atoms with Gasteiger partial charge in [0.25, 0.3) is 0 Å². The molecule has 0 aliphatic heterocycles. The van der Waals surface area contributed by atoms with Crippen molar-refractivity contribution in [1.29, 1.82) is 5.26 Å². The number of nitrogens with one attached hydrogen (secondary N) is 1. The van der Waals surface area contributed by atoms with Gasteiger partial charge in [0.1, 0.15) is 28.4 Å². The zero-order valence-electron chi connectivity index (χ0n) is 19.9. The fourth-order valence-electron chi connectivity index (χ4n) is 3.60. The molecule has 0 saturated heterocycles. The summed E-state index contributed by atoms with van der Waals surface area (Å²) in [6, 6.07) is 19.0. The minimum atomic E-state index is -0.562. The fraction of sp³-hybridized carbons (Fsp3) is 0.185. The number of methoxy groups -OCH3 is 1. The second-order valence-corrected chi connectivity index (χ2v) is 9.10. The maximum absolute atomic E-state index is 14.1. The van der Waals surface area contributed by atoms with E-state index < -0.39 is 11.1 Å². The Morgan fingerprint density at radius 1 is 1.19 bits per heavy atom. The van der Waals surface area contributed by atoms with Crippen molar-refractivity contribution in [2.24, 2.45) is 0 Å². The van der Waals surface area contributed by atoms with Gasteiger partial charge in [-0.1, -0.05) is 36.0 Å². The van der Waals surface area contributed by atoms with Crippen molar-refractivity contribution in [3.63, 3.8) is 0 Å². The molecule has 4 aromatic rings. The standard InChI is InChI=1S/C27H23FN4O3S/c1-4-24(26(33)31-25-12-16(2)35-32-25)36-27-22(15-29)21(18-6-5-7-19(28)13-18)14-23(30-27)17-8-10-20(34-3)11-9-17/h5-14,24H,4H2,1-3H3,(H,31,32,33). The molecule has 182 valence electrons. The predicted molar refractivity (Wildman–Crippen MR) is 136 cm³/mol. The maximum Gasteiger partial charge on any atom is 0.239 e. The number of aromatic nitrogens is 2. The van der Waals surface area contributed by atoms with Gasteiger partial charge in [0.05, 0.1) is 23.6 Å². The third-order valence-corrected chi connectivity index (χ3v) is 6.77. The summed E-state index contributed by atoms with van der Waals surface area (Å²) in [6.45, 7) is 3.61. The van der Waals surface area contributed by atoms with Gasteiger partial charge in [-0.05, 0) is 61.4 Å². The van der Waals surface area contributed by atoms with E-state index in [9.17, 15) is 14.4 Å². The lowest BCUT2D eigenvalue weighted by molar-refractivity contribution is -0.115. The first-order chi connectivity index (χ1) is 17.4. The molecule has 0 spiro atoms. The van der Waals surface area contributed by atoms with E-state index in [0.717, 1.165) is 5.56 Å². The second-order valence-electron chi connectivity index (χ2n) is 7.91. The topological polar surface area (TPSA) is 101 Å². The van der Waals surface area contributed by atoms with E-state index in [1.807, 2.05) is 31.2 Å². The highest BCUT2D eigenvalue weighted by atomic mass is 32.2. The first-order valence-electron chi connectivity index (χ1n) is 11.2. The van der Waals surface area contributed by atoms with E-state index in [4.69, 9.17) is 14.2 Å². The summed E-state index contributed by atoms with van der Waals surface area (Å²) in [7, 11) is 1.59. The minimum absolute atomic E-state index is 0.270. The van der Waals surface area contributed by atoms with Crippen LogP contribution in [0, 0.1) is 24.1 Å². The average Bonchev–Trinajstić information content (AvgIpc) is 3.30. The first kappa shape index (κ1) is 24.9. The Labute approximate surface area is 212 Å². The largest absolute Gasteiger partial charge is 0.497 e.